The normalized spacial score (nSPS) is 26.9. The molecule has 0 saturated carbocycles. The van der Waals surface area contributed by atoms with E-state index >= 15 is 0 Å². The second kappa shape index (κ2) is 5.74. The molecule has 0 aromatic carbocycles. The number of aliphatic imine (C=N–C) groups is 1. The molecule has 1 unspecified atom stereocenters. The van der Waals surface area contributed by atoms with Crippen LogP contribution < -0.4 is 16.8 Å². The molecule has 1 fully saturated rings. The van der Waals surface area contributed by atoms with Gasteiger partial charge in [0.1, 0.15) is 11.7 Å². The Labute approximate surface area is 123 Å². The van der Waals surface area contributed by atoms with E-state index in [2.05, 4.69) is 20.3 Å². The second-order valence-electron chi connectivity index (χ2n) is 5.23. The summed E-state index contributed by atoms with van der Waals surface area (Å²) in [6, 6.07) is 1.86. The van der Waals surface area contributed by atoms with Crippen LogP contribution in [-0.2, 0) is 10.5 Å². The number of aromatic nitrogens is 2. The van der Waals surface area contributed by atoms with Crippen LogP contribution in [0.5, 0.6) is 0 Å². The standard InChI is InChI=1S/C13H21N7O/c14-11-10-12(15)18-13(17-11,20-4-1-3-16-20)2-5-19-6-8-21-9-7-19/h1,3-4,10,17H,2,5-9,14H2,(H2,15,18). The van der Waals surface area contributed by atoms with E-state index in [0.29, 0.717) is 18.1 Å². The molecule has 1 aromatic rings. The first kappa shape index (κ1) is 13.9. The average molecular weight is 291 g/mol. The maximum atomic E-state index is 5.93. The summed E-state index contributed by atoms with van der Waals surface area (Å²) >= 11 is 0. The van der Waals surface area contributed by atoms with Gasteiger partial charge < -0.3 is 21.5 Å². The molecule has 0 radical (unpaired) electrons. The topological polar surface area (TPSA) is 107 Å². The second-order valence-corrected chi connectivity index (χ2v) is 5.23. The molecular formula is C13H21N7O. The summed E-state index contributed by atoms with van der Waals surface area (Å²) in [7, 11) is 0. The average Bonchev–Trinajstić information content (AvgIpc) is 3.00. The molecule has 1 saturated heterocycles. The van der Waals surface area contributed by atoms with Gasteiger partial charge >= 0.3 is 0 Å². The van der Waals surface area contributed by atoms with Crippen molar-refractivity contribution in [3.05, 3.63) is 30.4 Å². The van der Waals surface area contributed by atoms with E-state index in [0.717, 1.165) is 32.8 Å². The number of ether oxygens (including phenoxy) is 1. The maximum Gasteiger partial charge on any atom is 0.230 e. The minimum absolute atomic E-state index is 0.406. The maximum absolute atomic E-state index is 5.93. The van der Waals surface area contributed by atoms with Gasteiger partial charge in [-0.15, -0.1) is 0 Å². The third kappa shape index (κ3) is 3.01. The van der Waals surface area contributed by atoms with Gasteiger partial charge in [-0.2, -0.15) is 5.10 Å². The molecule has 0 spiro atoms. The molecule has 0 bridgehead atoms. The van der Waals surface area contributed by atoms with Crippen molar-refractivity contribution >= 4 is 5.84 Å². The molecule has 1 atom stereocenters. The van der Waals surface area contributed by atoms with Gasteiger partial charge in [-0.1, -0.05) is 0 Å². The molecule has 3 heterocycles. The van der Waals surface area contributed by atoms with Gasteiger partial charge in [0.15, 0.2) is 0 Å². The van der Waals surface area contributed by atoms with E-state index < -0.39 is 5.79 Å². The van der Waals surface area contributed by atoms with Crippen LogP contribution in [0.2, 0.25) is 0 Å². The van der Waals surface area contributed by atoms with E-state index in [9.17, 15) is 0 Å². The zero-order chi connectivity index (χ0) is 14.7. The Balaban J connectivity index is 1.79. The third-order valence-electron chi connectivity index (χ3n) is 3.73. The van der Waals surface area contributed by atoms with E-state index in [4.69, 9.17) is 16.2 Å². The Morgan fingerprint density at radius 1 is 1.33 bits per heavy atom. The van der Waals surface area contributed by atoms with E-state index in [1.54, 1.807) is 17.0 Å². The SMILES string of the molecule is NC1=CC(N)=NC(CCN2CCOCC2)(n2cccn2)N1. The van der Waals surface area contributed by atoms with E-state index in [1.165, 1.54) is 0 Å². The third-order valence-corrected chi connectivity index (χ3v) is 3.73. The summed E-state index contributed by atoms with van der Waals surface area (Å²) in [5, 5.41) is 7.53. The molecule has 2 aliphatic heterocycles. The monoisotopic (exact) mass is 291 g/mol. The summed E-state index contributed by atoms with van der Waals surface area (Å²) in [6.07, 6.45) is 5.92. The highest BCUT2D eigenvalue weighted by Crippen LogP contribution is 2.23. The Morgan fingerprint density at radius 3 is 2.81 bits per heavy atom. The molecule has 21 heavy (non-hydrogen) atoms. The van der Waals surface area contributed by atoms with Crippen LogP contribution in [0.1, 0.15) is 6.42 Å². The number of morpholine rings is 1. The zero-order valence-electron chi connectivity index (χ0n) is 11.9. The molecular weight excluding hydrogens is 270 g/mol. The lowest BCUT2D eigenvalue weighted by atomic mass is 10.2. The highest BCUT2D eigenvalue weighted by atomic mass is 16.5. The highest BCUT2D eigenvalue weighted by molar-refractivity contribution is 5.92. The minimum atomic E-state index is -0.759. The molecule has 0 amide bonds. The van der Waals surface area contributed by atoms with Crippen LogP contribution in [0.25, 0.3) is 0 Å². The van der Waals surface area contributed by atoms with Crippen molar-refractivity contribution in [3.63, 3.8) is 0 Å². The smallest absolute Gasteiger partial charge is 0.230 e. The lowest BCUT2D eigenvalue weighted by Crippen LogP contribution is -2.53. The van der Waals surface area contributed by atoms with Gasteiger partial charge in [0.25, 0.3) is 0 Å². The van der Waals surface area contributed by atoms with Crippen molar-refractivity contribution in [2.24, 2.45) is 16.5 Å². The summed E-state index contributed by atoms with van der Waals surface area (Å²) in [6.45, 7) is 4.27. The summed E-state index contributed by atoms with van der Waals surface area (Å²) in [5.74, 6) is 0.147. The van der Waals surface area contributed by atoms with E-state index in [-0.39, 0.29) is 0 Å². The quantitative estimate of drug-likeness (QED) is 0.655. The first-order valence-corrected chi connectivity index (χ1v) is 7.09. The predicted molar refractivity (Wildman–Crippen MR) is 79.1 cm³/mol. The van der Waals surface area contributed by atoms with Gasteiger partial charge in [-0.25, -0.2) is 9.67 Å². The van der Waals surface area contributed by atoms with Gasteiger partial charge in [0, 0.05) is 44.5 Å². The molecule has 114 valence electrons. The van der Waals surface area contributed by atoms with Crippen molar-refractivity contribution < 1.29 is 4.74 Å². The fourth-order valence-electron chi connectivity index (χ4n) is 2.67. The number of hydrogen-bond acceptors (Lipinski definition) is 7. The molecule has 8 heteroatoms. The number of nitrogens with one attached hydrogen (secondary N) is 1. The fraction of sp³-hybridized carbons (Fsp3) is 0.538. The molecule has 1 aromatic heterocycles. The number of nitrogens with two attached hydrogens (primary N) is 2. The fourth-order valence-corrected chi connectivity index (χ4v) is 2.67. The lowest BCUT2D eigenvalue weighted by molar-refractivity contribution is 0.0293. The molecule has 2 aliphatic rings. The first-order valence-electron chi connectivity index (χ1n) is 7.09. The summed E-state index contributed by atoms with van der Waals surface area (Å²) < 4.78 is 7.14. The van der Waals surface area contributed by atoms with Crippen molar-refractivity contribution in [1.29, 1.82) is 0 Å². The van der Waals surface area contributed by atoms with Crippen molar-refractivity contribution in [3.8, 4) is 0 Å². The van der Waals surface area contributed by atoms with Gasteiger partial charge in [0.05, 0.1) is 13.2 Å². The first-order chi connectivity index (χ1) is 10.2. The van der Waals surface area contributed by atoms with Crippen LogP contribution in [0.4, 0.5) is 0 Å². The van der Waals surface area contributed by atoms with Crippen molar-refractivity contribution in [1.82, 2.24) is 20.0 Å². The number of amidine groups is 1. The predicted octanol–water partition coefficient (Wildman–Crippen LogP) is -1.02. The summed E-state index contributed by atoms with van der Waals surface area (Å²) in [4.78, 5) is 6.90. The van der Waals surface area contributed by atoms with Crippen molar-refractivity contribution in [2.75, 3.05) is 32.8 Å². The number of nitrogens with zero attached hydrogens (tertiary/aromatic N) is 4. The van der Waals surface area contributed by atoms with Crippen LogP contribution >= 0.6 is 0 Å². The molecule has 8 nitrogen and oxygen atoms in total. The Hall–Kier alpha value is -2.06. The lowest BCUT2D eigenvalue weighted by Gasteiger charge is -2.37. The Morgan fingerprint density at radius 2 is 2.14 bits per heavy atom. The summed E-state index contributed by atoms with van der Waals surface area (Å²) in [5.41, 5.74) is 11.8. The minimum Gasteiger partial charge on any atom is -0.385 e. The van der Waals surface area contributed by atoms with Crippen LogP contribution in [0.3, 0.4) is 0 Å². The largest absolute Gasteiger partial charge is 0.385 e. The Bertz CT molecular complexity index is 533. The van der Waals surface area contributed by atoms with Gasteiger partial charge in [0.2, 0.25) is 5.79 Å². The zero-order valence-corrected chi connectivity index (χ0v) is 11.9. The molecule has 5 N–H and O–H groups in total. The number of hydrogen-bond donors (Lipinski definition) is 3. The molecule has 0 aliphatic carbocycles. The van der Waals surface area contributed by atoms with Gasteiger partial charge in [-0.05, 0) is 6.07 Å². The van der Waals surface area contributed by atoms with Crippen molar-refractivity contribution in [2.45, 2.75) is 12.2 Å². The van der Waals surface area contributed by atoms with Crippen LogP contribution in [0.15, 0.2) is 35.3 Å². The number of rotatable bonds is 4. The van der Waals surface area contributed by atoms with Crippen LogP contribution in [0, 0.1) is 0 Å². The highest BCUT2D eigenvalue weighted by Gasteiger charge is 2.35. The Kier molecular flexibility index (Phi) is 3.80. The van der Waals surface area contributed by atoms with Gasteiger partial charge in [-0.3, -0.25) is 4.90 Å². The molecule has 3 rings (SSSR count). The van der Waals surface area contributed by atoms with E-state index in [1.807, 2.05) is 12.3 Å². The van der Waals surface area contributed by atoms with Crippen LogP contribution in [-0.4, -0.2) is 53.4 Å².